The lowest BCUT2D eigenvalue weighted by molar-refractivity contribution is -0.123. The third kappa shape index (κ3) is 3.71. The zero-order valence-corrected chi connectivity index (χ0v) is 10.4. The first-order chi connectivity index (χ1) is 7.85. The Hall–Kier alpha value is -1.62. The minimum absolute atomic E-state index is 0.0378. The van der Waals surface area contributed by atoms with E-state index in [9.17, 15) is 9.59 Å². The van der Waals surface area contributed by atoms with E-state index in [2.05, 4.69) is 5.32 Å². The molecule has 5 heteroatoms. The number of pyridine rings is 1. The van der Waals surface area contributed by atoms with Crippen LogP contribution in [0.25, 0.3) is 0 Å². The molecular weight excluding hydrogens is 220 g/mol. The lowest BCUT2D eigenvalue weighted by atomic mass is 10.1. The molecule has 0 aliphatic rings. The van der Waals surface area contributed by atoms with Gasteiger partial charge in [-0.25, -0.2) is 0 Å². The monoisotopic (exact) mass is 238 g/mol. The lowest BCUT2D eigenvalue weighted by Gasteiger charge is -2.23. The van der Waals surface area contributed by atoms with Crippen molar-refractivity contribution in [3.8, 4) is 0 Å². The molecule has 0 aromatic carbocycles. The number of carbonyl (C=O) groups is 1. The molecule has 5 nitrogen and oxygen atoms in total. The normalized spacial score (nSPS) is 11.3. The smallest absolute Gasteiger partial charge is 0.253 e. The van der Waals surface area contributed by atoms with Gasteiger partial charge in [0, 0.05) is 11.8 Å². The fourth-order valence-electron chi connectivity index (χ4n) is 1.39. The van der Waals surface area contributed by atoms with E-state index in [0.29, 0.717) is 5.56 Å². The number of aliphatic hydroxyl groups is 1. The third-order valence-electron chi connectivity index (χ3n) is 2.40. The number of aliphatic hydroxyl groups excluding tert-OH is 1. The van der Waals surface area contributed by atoms with Crippen LogP contribution in [0.2, 0.25) is 0 Å². The molecule has 0 spiro atoms. The van der Waals surface area contributed by atoms with Crippen molar-refractivity contribution < 1.29 is 9.90 Å². The standard InChI is InChI=1S/C12H18N2O3/c1-9-5-4-6-14(11(9)17)7-10(16)13-12(2,3)8-15/h4-6,15H,7-8H2,1-3H3,(H,13,16). The molecule has 0 saturated carbocycles. The second kappa shape index (κ2) is 5.14. The molecule has 1 heterocycles. The first kappa shape index (κ1) is 13.4. The van der Waals surface area contributed by atoms with E-state index in [4.69, 9.17) is 5.11 Å². The maximum atomic E-state index is 11.7. The summed E-state index contributed by atoms with van der Waals surface area (Å²) in [6, 6.07) is 3.43. The maximum Gasteiger partial charge on any atom is 0.253 e. The summed E-state index contributed by atoms with van der Waals surface area (Å²) in [5, 5.41) is 11.7. The molecule has 1 amide bonds. The Morgan fingerprint density at radius 3 is 2.76 bits per heavy atom. The number of nitrogens with zero attached hydrogens (tertiary/aromatic N) is 1. The molecule has 0 radical (unpaired) electrons. The molecule has 0 bridgehead atoms. The van der Waals surface area contributed by atoms with Crippen molar-refractivity contribution in [2.24, 2.45) is 0 Å². The van der Waals surface area contributed by atoms with Gasteiger partial charge in [-0.2, -0.15) is 0 Å². The third-order valence-corrected chi connectivity index (χ3v) is 2.40. The minimum atomic E-state index is -0.676. The van der Waals surface area contributed by atoms with Crippen LogP contribution in [0.15, 0.2) is 23.1 Å². The summed E-state index contributed by atoms with van der Waals surface area (Å²) in [5.74, 6) is -0.295. The van der Waals surface area contributed by atoms with E-state index in [1.807, 2.05) is 0 Å². The summed E-state index contributed by atoms with van der Waals surface area (Å²) < 4.78 is 1.35. The Labute approximate surface area is 100 Å². The number of aromatic nitrogens is 1. The molecule has 0 unspecified atom stereocenters. The van der Waals surface area contributed by atoms with Gasteiger partial charge >= 0.3 is 0 Å². The fraction of sp³-hybridized carbons (Fsp3) is 0.500. The highest BCUT2D eigenvalue weighted by atomic mass is 16.3. The van der Waals surface area contributed by atoms with E-state index in [-0.39, 0.29) is 24.6 Å². The van der Waals surface area contributed by atoms with Crippen LogP contribution in [0, 0.1) is 6.92 Å². The largest absolute Gasteiger partial charge is 0.394 e. The Kier molecular flexibility index (Phi) is 4.07. The summed E-state index contributed by atoms with van der Waals surface area (Å²) >= 11 is 0. The molecule has 2 N–H and O–H groups in total. The molecule has 0 saturated heterocycles. The van der Waals surface area contributed by atoms with Crippen molar-refractivity contribution in [1.29, 1.82) is 0 Å². The average Bonchev–Trinajstić information content (AvgIpc) is 2.24. The Balaban J connectivity index is 2.76. The van der Waals surface area contributed by atoms with Crippen molar-refractivity contribution in [1.82, 2.24) is 9.88 Å². The van der Waals surface area contributed by atoms with E-state index < -0.39 is 5.54 Å². The van der Waals surface area contributed by atoms with Crippen molar-refractivity contribution in [2.75, 3.05) is 6.61 Å². The van der Waals surface area contributed by atoms with Crippen LogP contribution < -0.4 is 10.9 Å². The van der Waals surface area contributed by atoms with Gasteiger partial charge in [0.2, 0.25) is 5.91 Å². The average molecular weight is 238 g/mol. The van der Waals surface area contributed by atoms with Gasteiger partial charge < -0.3 is 15.0 Å². The molecular formula is C12H18N2O3. The Morgan fingerprint density at radius 2 is 2.18 bits per heavy atom. The van der Waals surface area contributed by atoms with E-state index >= 15 is 0 Å². The molecule has 1 aromatic heterocycles. The maximum absolute atomic E-state index is 11.7. The fourth-order valence-corrected chi connectivity index (χ4v) is 1.39. The van der Waals surface area contributed by atoms with Gasteiger partial charge in [0.15, 0.2) is 0 Å². The number of hydrogen-bond donors (Lipinski definition) is 2. The molecule has 1 rings (SSSR count). The highest BCUT2D eigenvalue weighted by Gasteiger charge is 2.19. The SMILES string of the molecule is Cc1cccn(CC(=O)NC(C)(C)CO)c1=O. The van der Waals surface area contributed by atoms with Crippen molar-refractivity contribution in [3.63, 3.8) is 0 Å². The van der Waals surface area contributed by atoms with Crippen molar-refractivity contribution >= 4 is 5.91 Å². The predicted octanol–water partition coefficient (Wildman–Crippen LogP) is 0.0438. The second-order valence-corrected chi connectivity index (χ2v) is 4.71. The van der Waals surface area contributed by atoms with E-state index in [1.54, 1.807) is 39.1 Å². The van der Waals surface area contributed by atoms with Crippen molar-refractivity contribution in [2.45, 2.75) is 32.9 Å². The topological polar surface area (TPSA) is 71.3 Å². The van der Waals surface area contributed by atoms with Crippen LogP contribution in [-0.4, -0.2) is 27.7 Å². The molecule has 0 aliphatic carbocycles. The summed E-state index contributed by atoms with van der Waals surface area (Å²) in [6.45, 7) is 4.94. The Morgan fingerprint density at radius 1 is 1.53 bits per heavy atom. The molecule has 0 fully saturated rings. The molecule has 17 heavy (non-hydrogen) atoms. The van der Waals surface area contributed by atoms with Crippen LogP contribution in [0.4, 0.5) is 0 Å². The van der Waals surface area contributed by atoms with Crippen LogP contribution in [-0.2, 0) is 11.3 Å². The van der Waals surface area contributed by atoms with Crippen molar-refractivity contribution in [3.05, 3.63) is 34.2 Å². The molecule has 1 aromatic rings. The second-order valence-electron chi connectivity index (χ2n) is 4.71. The number of amides is 1. The lowest BCUT2D eigenvalue weighted by Crippen LogP contribution is -2.48. The van der Waals surface area contributed by atoms with Crippen LogP contribution in [0.5, 0.6) is 0 Å². The predicted molar refractivity (Wildman–Crippen MR) is 64.7 cm³/mol. The first-order valence-electron chi connectivity index (χ1n) is 5.43. The number of nitrogens with one attached hydrogen (secondary N) is 1. The van der Waals surface area contributed by atoms with Crippen LogP contribution >= 0.6 is 0 Å². The van der Waals surface area contributed by atoms with Gasteiger partial charge in [0.05, 0.1) is 12.1 Å². The van der Waals surface area contributed by atoms with E-state index in [0.717, 1.165) is 0 Å². The zero-order chi connectivity index (χ0) is 13.1. The van der Waals surface area contributed by atoms with Gasteiger partial charge in [-0.3, -0.25) is 9.59 Å². The summed E-state index contributed by atoms with van der Waals surface area (Å²) in [7, 11) is 0. The Bertz CT molecular complexity index is 463. The number of rotatable bonds is 4. The summed E-state index contributed by atoms with van der Waals surface area (Å²) in [4.78, 5) is 23.3. The first-order valence-corrected chi connectivity index (χ1v) is 5.43. The van der Waals surface area contributed by atoms with Gasteiger partial charge in [-0.15, -0.1) is 0 Å². The molecule has 0 aliphatic heterocycles. The summed E-state index contributed by atoms with van der Waals surface area (Å²) in [6.07, 6.45) is 1.57. The zero-order valence-electron chi connectivity index (χ0n) is 10.4. The van der Waals surface area contributed by atoms with Gasteiger partial charge in [-0.05, 0) is 26.8 Å². The quantitative estimate of drug-likeness (QED) is 0.778. The number of aryl methyl sites for hydroxylation is 1. The van der Waals surface area contributed by atoms with E-state index in [1.165, 1.54) is 4.57 Å². The van der Waals surface area contributed by atoms with Gasteiger partial charge in [-0.1, -0.05) is 6.07 Å². The van der Waals surface area contributed by atoms with Gasteiger partial charge in [0.1, 0.15) is 6.54 Å². The number of carbonyl (C=O) groups excluding carboxylic acids is 1. The molecule has 94 valence electrons. The molecule has 0 atom stereocenters. The van der Waals surface area contributed by atoms with Crippen LogP contribution in [0.3, 0.4) is 0 Å². The highest BCUT2D eigenvalue weighted by molar-refractivity contribution is 5.76. The number of hydrogen-bond acceptors (Lipinski definition) is 3. The summed E-state index contributed by atoms with van der Waals surface area (Å²) in [5.41, 5.74) is -0.254. The van der Waals surface area contributed by atoms with Gasteiger partial charge in [0.25, 0.3) is 5.56 Å². The highest BCUT2D eigenvalue weighted by Crippen LogP contribution is 1.99. The van der Waals surface area contributed by atoms with Crippen LogP contribution in [0.1, 0.15) is 19.4 Å². The minimum Gasteiger partial charge on any atom is -0.394 e.